The normalized spacial score (nSPS) is 11.2. The van der Waals surface area contributed by atoms with Crippen LogP contribution in [0.2, 0.25) is 0 Å². The van der Waals surface area contributed by atoms with E-state index in [1.165, 1.54) is 0 Å². The molecule has 0 aromatic rings. The Morgan fingerprint density at radius 3 is 2.38 bits per heavy atom. The van der Waals surface area contributed by atoms with Gasteiger partial charge in [0.15, 0.2) is 0 Å². The molecule has 0 aliphatic rings. The molecule has 71 valence electrons. The van der Waals surface area contributed by atoms with Crippen molar-refractivity contribution in [3.8, 4) is 0 Å². The molecule has 0 unspecified atom stereocenters. The van der Waals surface area contributed by atoms with E-state index >= 15 is 0 Å². The molecular weight excluding hydrogens is 185 g/mol. The number of amides is 2. The van der Waals surface area contributed by atoms with E-state index in [2.05, 4.69) is 5.32 Å². The number of carbonyl (C=O) groups excluding carboxylic acids is 1. The minimum Gasteiger partial charge on any atom is -0.480 e. The zero-order chi connectivity index (χ0) is 9.56. The number of aliphatic carboxylic acids is 1. The molecule has 0 rings (SSSR count). The van der Waals surface area contributed by atoms with E-state index in [1.54, 1.807) is 0 Å². The van der Waals surface area contributed by atoms with E-state index < -0.39 is 18.0 Å². The minimum absolute atomic E-state index is 0. The number of primary amides is 1. The van der Waals surface area contributed by atoms with E-state index in [1.807, 2.05) is 0 Å². The van der Waals surface area contributed by atoms with Gasteiger partial charge in [0.1, 0.15) is 6.04 Å². The first kappa shape index (κ1) is 15.2. The fourth-order valence-electron chi connectivity index (χ4n) is 0.657. The summed E-state index contributed by atoms with van der Waals surface area (Å²) in [5.41, 5.74) is 9.96. The van der Waals surface area contributed by atoms with Gasteiger partial charge in [-0.2, -0.15) is 0 Å². The van der Waals surface area contributed by atoms with Gasteiger partial charge < -0.3 is 21.9 Å². The number of hydrogen-bond acceptors (Lipinski definition) is 3. The third-order valence-corrected chi connectivity index (χ3v) is 1.31. The Morgan fingerprint density at radius 1 is 1.46 bits per heavy atom. The van der Waals surface area contributed by atoms with Crippen LogP contribution < -0.4 is 16.8 Å². The van der Waals surface area contributed by atoms with E-state index in [4.69, 9.17) is 16.6 Å². The zero-order valence-electron chi connectivity index (χ0n) is 7.62. The number of nitrogens with two attached hydrogens (primary N) is 2. The molecule has 6 nitrogen and oxygen atoms in total. The SMILES string of the molecule is NC(=O)NCCC[C@H](N)C(=O)O.[Na]. The van der Waals surface area contributed by atoms with Gasteiger partial charge in [0.05, 0.1) is 0 Å². The first-order valence-electron chi connectivity index (χ1n) is 3.55. The molecule has 1 radical (unpaired) electrons. The molecule has 0 aromatic carbocycles. The van der Waals surface area contributed by atoms with Crippen LogP contribution in [0, 0.1) is 0 Å². The van der Waals surface area contributed by atoms with Gasteiger partial charge in [-0.1, -0.05) is 0 Å². The topological polar surface area (TPSA) is 118 Å². The summed E-state index contributed by atoms with van der Waals surface area (Å²) in [7, 11) is 0. The number of hydrogen-bond donors (Lipinski definition) is 4. The van der Waals surface area contributed by atoms with Crippen LogP contribution in [0.3, 0.4) is 0 Å². The van der Waals surface area contributed by atoms with Crippen LogP contribution in [-0.4, -0.2) is 59.3 Å². The fraction of sp³-hybridized carbons (Fsp3) is 0.667. The van der Waals surface area contributed by atoms with Crippen molar-refractivity contribution in [1.29, 1.82) is 0 Å². The van der Waals surface area contributed by atoms with Gasteiger partial charge in [-0.05, 0) is 12.8 Å². The summed E-state index contributed by atoms with van der Waals surface area (Å²) in [5, 5.41) is 10.7. The Hall–Kier alpha value is -0.300. The molecule has 6 N–H and O–H groups in total. The largest absolute Gasteiger partial charge is 0.480 e. The quantitative estimate of drug-likeness (QED) is 0.316. The van der Waals surface area contributed by atoms with Crippen LogP contribution in [0.4, 0.5) is 4.79 Å². The second kappa shape index (κ2) is 8.31. The number of rotatable bonds is 5. The van der Waals surface area contributed by atoms with Crippen molar-refractivity contribution in [3.05, 3.63) is 0 Å². The Kier molecular flexibility index (Phi) is 9.70. The smallest absolute Gasteiger partial charge is 0.320 e. The molecule has 0 aromatic heterocycles. The van der Waals surface area contributed by atoms with Gasteiger partial charge in [0.25, 0.3) is 0 Å². The van der Waals surface area contributed by atoms with Crippen LogP contribution in [0.25, 0.3) is 0 Å². The second-order valence-electron chi connectivity index (χ2n) is 2.38. The fourth-order valence-corrected chi connectivity index (χ4v) is 0.657. The molecular formula is C6H13N3NaO3. The van der Waals surface area contributed by atoms with Gasteiger partial charge in [-0.3, -0.25) is 4.79 Å². The summed E-state index contributed by atoms with van der Waals surface area (Å²) in [5.74, 6) is -1.03. The van der Waals surface area contributed by atoms with Crippen molar-refractivity contribution in [2.75, 3.05) is 6.54 Å². The Bertz CT molecular complexity index is 177. The Morgan fingerprint density at radius 2 is 2.00 bits per heavy atom. The van der Waals surface area contributed by atoms with Gasteiger partial charge in [-0.25, -0.2) is 4.79 Å². The standard InChI is InChI=1S/C6H13N3O3.Na/c7-4(5(10)11)2-1-3-9-6(8)12;/h4H,1-3,7H2,(H,10,11)(H3,8,9,12);/t4-;/m0./s1. The third kappa shape index (κ3) is 9.62. The van der Waals surface area contributed by atoms with Crippen molar-refractivity contribution in [3.63, 3.8) is 0 Å². The van der Waals surface area contributed by atoms with E-state index in [9.17, 15) is 9.59 Å². The van der Waals surface area contributed by atoms with Crippen LogP contribution in [0.15, 0.2) is 0 Å². The summed E-state index contributed by atoms with van der Waals surface area (Å²) in [6, 6.07) is -1.47. The average Bonchev–Trinajstić information content (AvgIpc) is 1.97. The molecule has 0 saturated carbocycles. The molecule has 0 spiro atoms. The van der Waals surface area contributed by atoms with Crippen molar-refractivity contribution in [1.82, 2.24) is 5.32 Å². The molecule has 2 amide bonds. The van der Waals surface area contributed by atoms with Crippen molar-refractivity contribution in [2.24, 2.45) is 11.5 Å². The predicted molar refractivity (Wildman–Crippen MR) is 48.2 cm³/mol. The van der Waals surface area contributed by atoms with Crippen LogP contribution >= 0.6 is 0 Å². The van der Waals surface area contributed by atoms with E-state index in [0.29, 0.717) is 19.4 Å². The molecule has 1 atom stereocenters. The molecule has 0 saturated heterocycles. The predicted octanol–water partition coefficient (Wildman–Crippen LogP) is -1.53. The second-order valence-corrected chi connectivity index (χ2v) is 2.38. The van der Waals surface area contributed by atoms with Gasteiger partial charge in [0, 0.05) is 36.1 Å². The summed E-state index contributed by atoms with van der Waals surface area (Å²) in [4.78, 5) is 20.3. The summed E-state index contributed by atoms with van der Waals surface area (Å²) in [6.07, 6.45) is 0.839. The van der Waals surface area contributed by atoms with Gasteiger partial charge in [-0.15, -0.1) is 0 Å². The zero-order valence-corrected chi connectivity index (χ0v) is 9.62. The van der Waals surface area contributed by atoms with Gasteiger partial charge >= 0.3 is 12.0 Å². The molecule has 13 heavy (non-hydrogen) atoms. The van der Waals surface area contributed by atoms with Crippen LogP contribution in [0.1, 0.15) is 12.8 Å². The van der Waals surface area contributed by atoms with Crippen molar-refractivity contribution in [2.45, 2.75) is 18.9 Å². The number of urea groups is 1. The number of carbonyl (C=O) groups is 2. The van der Waals surface area contributed by atoms with Crippen molar-refractivity contribution < 1.29 is 14.7 Å². The Balaban J connectivity index is 0. The molecule has 0 aliphatic carbocycles. The minimum atomic E-state index is -1.03. The Labute approximate surface area is 98.3 Å². The maximum absolute atomic E-state index is 10.2. The monoisotopic (exact) mass is 198 g/mol. The van der Waals surface area contributed by atoms with Crippen LogP contribution in [0.5, 0.6) is 0 Å². The summed E-state index contributed by atoms with van der Waals surface area (Å²) in [6.45, 7) is 0.357. The summed E-state index contributed by atoms with van der Waals surface area (Å²) >= 11 is 0. The number of carboxylic acid groups (broad SMARTS) is 1. The maximum Gasteiger partial charge on any atom is 0.320 e. The number of nitrogens with one attached hydrogen (secondary N) is 1. The van der Waals surface area contributed by atoms with E-state index in [0.717, 1.165) is 0 Å². The molecule has 7 heteroatoms. The third-order valence-electron chi connectivity index (χ3n) is 1.31. The van der Waals surface area contributed by atoms with Crippen molar-refractivity contribution >= 4 is 41.6 Å². The summed E-state index contributed by atoms with van der Waals surface area (Å²) < 4.78 is 0. The maximum atomic E-state index is 10.2. The van der Waals surface area contributed by atoms with Crippen LogP contribution in [-0.2, 0) is 4.79 Å². The molecule has 0 bridgehead atoms. The van der Waals surface area contributed by atoms with E-state index in [-0.39, 0.29) is 29.6 Å². The molecule has 0 heterocycles. The molecule has 0 aliphatic heterocycles. The molecule has 0 fully saturated rings. The first-order valence-corrected chi connectivity index (χ1v) is 3.55. The first-order chi connectivity index (χ1) is 5.54. The average molecular weight is 198 g/mol. The van der Waals surface area contributed by atoms with Gasteiger partial charge in [0.2, 0.25) is 0 Å². The number of carboxylic acids is 1.